The van der Waals surface area contributed by atoms with Crippen LogP contribution in [0.2, 0.25) is 0 Å². The summed E-state index contributed by atoms with van der Waals surface area (Å²) in [6.45, 7) is 6.60. The van der Waals surface area contributed by atoms with Crippen molar-refractivity contribution in [1.29, 1.82) is 5.41 Å². The topological polar surface area (TPSA) is 135 Å². The number of hydrogen-bond acceptors (Lipinski definition) is 7. The molecule has 1 aromatic rings. The maximum atomic E-state index is 12.4. The number of carbonyl (C=O) groups excluding carboxylic acids is 1. The Kier molecular flexibility index (Phi) is 6.48. The Morgan fingerprint density at radius 2 is 2.08 bits per heavy atom. The highest BCUT2D eigenvalue weighted by molar-refractivity contribution is 9.10. The van der Waals surface area contributed by atoms with Crippen LogP contribution in [0.1, 0.15) is 34.1 Å². The van der Waals surface area contributed by atoms with Crippen molar-refractivity contribution in [3.8, 4) is 0 Å². The van der Waals surface area contributed by atoms with Gasteiger partial charge in [0.25, 0.3) is 0 Å². The minimum atomic E-state index is -3.94. The molecule has 0 aliphatic carbocycles. The Balaban J connectivity index is 2.80. The average Bonchev–Trinajstić information content (AvgIpc) is 2.38. The van der Waals surface area contributed by atoms with E-state index in [2.05, 4.69) is 25.6 Å². The highest BCUT2D eigenvalue weighted by atomic mass is 79.9. The third kappa shape index (κ3) is 6.17. The zero-order chi connectivity index (χ0) is 18.7. The van der Waals surface area contributed by atoms with E-state index in [0.29, 0.717) is 4.47 Å². The number of nitrogens with two attached hydrogens (primary N) is 1. The number of nitrogens with zero attached hydrogens (tertiary/aromatic N) is 1. The molecule has 4 N–H and O–H groups in total. The van der Waals surface area contributed by atoms with Crippen molar-refractivity contribution in [2.45, 2.75) is 50.7 Å². The van der Waals surface area contributed by atoms with Crippen LogP contribution < -0.4 is 10.5 Å². The molecule has 0 saturated carbocycles. The number of halogens is 1. The van der Waals surface area contributed by atoms with Crippen molar-refractivity contribution in [2.75, 3.05) is 5.73 Å². The van der Waals surface area contributed by atoms with Gasteiger partial charge in [0.05, 0.1) is 0 Å². The largest absolute Gasteiger partial charge is 0.456 e. The number of hydrogen-bond donors (Lipinski definition) is 3. The van der Waals surface area contributed by atoms with E-state index in [1.54, 1.807) is 20.8 Å². The number of carbonyl (C=O) groups is 1. The molecule has 0 amide bonds. The Bertz CT molecular complexity index is 744. The second-order valence-corrected chi connectivity index (χ2v) is 8.84. The summed E-state index contributed by atoms with van der Waals surface area (Å²) < 4.78 is 32.6. The predicted octanol–water partition coefficient (Wildman–Crippen LogP) is 1.84. The lowest BCUT2D eigenvalue weighted by atomic mass is 10.1. The third-order valence-corrected chi connectivity index (χ3v) is 4.70. The molecule has 1 atom stereocenters. The molecule has 0 radical (unpaired) electrons. The number of nitrogen functional groups attached to an aromatic ring is 1. The van der Waals surface area contributed by atoms with Gasteiger partial charge in [-0.2, -0.15) is 0 Å². The summed E-state index contributed by atoms with van der Waals surface area (Å²) in [6.07, 6.45) is 1.27. The first kappa shape index (κ1) is 20.5. The fourth-order valence-electron chi connectivity index (χ4n) is 1.75. The molecular weight excluding hydrogens is 400 g/mol. The van der Waals surface area contributed by atoms with Gasteiger partial charge in [-0.25, -0.2) is 22.9 Å². The van der Waals surface area contributed by atoms with Crippen molar-refractivity contribution < 1.29 is 17.9 Å². The lowest BCUT2D eigenvalue weighted by Crippen LogP contribution is -2.37. The van der Waals surface area contributed by atoms with Crippen LogP contribution >= 0.6 is 15.9 Å². The molecule has 0 saturated heterocycles. The summed E-state index contributed by atoms with van der Waals surface area (Å²) in [6, 6.07) is 0.629. The van der Waals surface area contributed by atoms with Gasteiger partial charge in [-0.05, 0) is 49.7 Å². The van der Waals surface area contributed by atoms with Crippen LogP contribution in [0.15, 0.2) is 21.6 Å². The minimum Gasteiger partial charge on any atom is -0.456 e. The quantitative estimate of drug-likeness (QED) is 0.474. The first-order valence-corrected chi connectivity index (χ1v) is 9.33. The summed E-state index contributed by atoms with van der Waals surface area (Å²) >= 11 is 3.14. The van der Waals surface area contributed by atoms with Crippen LogP contribution in [-0.2, 0) is 19.6 Å². The van der Waals surface area contributed by atoms with Crippen LogP contribution in [0.25, 0.3) is 0 Å². The lowest BCUT2D eigenvalue weighted by Gasteiger charge is -2.21. The SMILES string of the molecule is C[C@@H](CC(=N)C(=O)OC(C)(C)C)NS(=O)(=O)c1cc(Br)cnc1N. The Labute approximate surface area is 149 Å². The van der Waals surface area contributed by atoms with Crippen molar-refractivity contribution >= 4 is 43.5 Å². The Hall–Kier alpha value is -1.52. The van der Waals surface area contributed by atoms with Gasteiger partial charge in [-0.1, -0.05) is 0 Å². The van der Waals surface area contributed by atoms with Gasteiger partial charge in [0.2, 0.25) is 10.0 Å². The predicted molar refractivity (Wildman–Crippen MR) is 94.3 cm³/mol. The van der Waals surface area contributed by atoms with Crippen molar-refractivity contribution in [3.63, 3.8) is 0 Å². The van der Waals surface area contributed by atoms with Gasteiger partial charge in [0.1, 0.15) is 22.0 Å². The summed E-state index contributed by atoms with van der Waals surface area (Å²) in [5, 5.41) is 7.74. The molecule has 24 heavy (non-hydrogen) atoms. The van der Waals surface area contributed by atoms with Crippen LogP contribution in [0.5, 0.6) is 0 Å². The maximum absolute atomic E-state index is 12.4. The molecule has 0 aromatic carbocycles. The first-order chi connectivity index (χ1) is 10.8. The highest BCUT2D eigenvalue weighted by Gasteiger charge is 2.25. The van der Waals surface area contributed by atoms with Gasteiger partial charge < -0.3 is 10.5 Å². The molecule has 1 heterocycles. The zero-order valence-electron chi connectivity index (χ0n) is 13.9. The van der Waals surface area contributed by atoms with E-state index in [9.17, 15) is 13.2 Å². The number of rotatable bonds is 6. The molecule has 134 valence electrons. The molecule has 1 rings (SSSR count). The minimum absolute atomic E-state index is 0.116. The average molecular weight is 421 g/mol. The molecule has 0 aliphatic rings. The number of ether oxygens (including phenoxy) is 1. The van der Waals surface area contributed by atoms with E-state index in [1.807, 2.05) is 0 Å². The molecule has 8 nitrogen and oxygen atoms in total. The van der Waals surface area contributed by atoms with E-state index in [4.69, 9.17) is 15.9 Å². The summed E-state index contributed by atoms with van der Waals surface area (Å²) in [5.41, 5.74) is 4.56. The van der Waals surface area contributed by atoms with Crippen molar-refractivity contribution in [2.24, 2.45) is 0 Å². The molecule has 0 spiro atoms. The number of pyridine rings is 1. The second kappa shape index (κ2) is 7.58. The zero-order valence-corrected chi connectivity index (χ0v) is 16.3. The standard InChI is InChI=1S/C14H21BrN4O4S/c1-8(5-10(16)13(20)23-14(2,3)4)19-24(21,22)11-6-9(15)7-18-12(11)17/h6-8,16,19H,5H2,1-4H3,(H2,17,18)/t8-/m0/s1. The number of aromatic nitrogens is 1. The van der Waals surface area contributed by atoms with Gasteiger partial charge in [0, 0.05) is 23.1 Å². The number of esters is 1. The second-order valence-electron chi connectivity index (χ2n) is 6.24. The van der Waals surface area contributed by atoms with Gasteiger partial charge in [0.15, 0.2) is 0 Å². The number of anilines is 1. The molecule has 10 heteroatoms. The summed E-state index contributed by atoms with van der Waals surface area (Å²) in [5.74, 6) is -0.919. The smallest absolute Gasteiger partial charge is 0.352 e. The molecular formula is C14H21BrN4O4S. The third-order valence-electron chi connectivity index (χ3n) is 2.65. The van der Waals surface area contributed by atoms with Crippen LogP contribution in [0.4, 0.5) is 5.82 Å². The van der Waals surface area contributed by atoms with Crippen LogP contribution in [0.3, 0.4) is 0 Å². The fraction of sp³-hybridized carbons (Fsp3) is 0.500. The monoisotopic (exact) mass is 420 g/mol. The van der Waals surface area contributed by atoms with Crippen LogP contribution in [0, 0.1) is 5.41 Å². The Morgan fingerprint density at radius 1 is 1.50 bits per heavy atom. The van der Waals surface area contributed by atoms with E-state index in [-0.39, 0.29) is 22.8 Å². The maximum Gasteiger partial charge on any atom is 0.352 e. The normalized spacial score (nSPS) is 13.4. The Morgan fingerprint density at radius 3 is 2.62 bits per heavy atom. The highest BCUT2D eigenvalue weighted by Crippen LogP contribution is 2.21. The van der Waals surface area contributed by atoms with Gasteiger partial charge in [-0.15, -0.1) is 0 Å². The van der Waals surface area contributed by atoms with E-state index >= 15 is 0 Å². The summed E-state index contributed by atoms with van der Waals surface area (Å²) in [4.78, 5) is 15.4. The number of nitrogens with one attached hydrogen (secondary N) is 2. The van der Waals surface area contributed by atoms with E-state index in [0.717, 1.165) is 0 Å². The van der Waals surface area contributed by atoms with E-state index < -0.39 is 27.6 Å². The first-order valence-electron chi connectivity index (χ1n) is 7.06. The van der Waals surface area contributed by atoms with Gasteiger partial charge in [-0.3, -0.25) is 5.41 Å². The molecule has 0 unspecified atom stereocenters. The summed E-state index contributed by atoms with van der Waals surface area (Å²) in [7, 11) is -3.94. The van der Waals surface area contributed by atoms with Gasteiger partial charge >= 0.3 is 5.97 Å². The molecule has 0 aliphatic heterocycles. The van der Waals surface area contributed by atoms with E-state index in [1.165, 1.54) is 19.2 Å². The molecule has 1 aromatic heterocycles. The van der Waals surface area contributed by atoms with Crippen molar-refractivity contribution in [1.82, 2.24) is 9.71 Å². The molecule has 0 fully saturated rings. The van der Waals surface area contributed by atoms with Crippen LogP contribution in [-0.4, -0.2) is 36.7 Å². The fourth-order valence-corrected chi connectivity index (χ4v) is 3.58. The van der Waals surface area contributed by atoms with Crippen molar-refractivity contribution in [3.05, 3.63) is 16.7 Å². The lowest BCUT2D eigenvalue weighted by molar-refractivity contribution is -0.146. The number of sulfonamides is 1. The molecule has 0 bridgehead atoms.